The quantitative estimate of drug-likeness (QED) is 0.443. The van der Waals surface area contributed by atoms with Crippen LogP contribution in [0.15, 0.2) is 18.2 Å². The molecule has 2 aliphatic heterocycles. The fraction of sp³-hybridized carbons (Fsp3) is 0.353. The maximum atomic E-state index is 12.7. The predicted octanol–water partition coefficient (Wildman–Crippen LogP) is -0.0508. The third-order valence-corrected chi connectivity index (χ3v) is 4.29. The average molecular weight is 359 g/mol. The molecule has 0 spiro atoms. The zero-order valence-corrected chi connectivity index (χ0v) is 14.0. The first-order valence-electron chi connectivity index (χ1n) is 8.17. The molecule has 1 atom stereocenters. The molecule has 0 aliphatic carbocycles. The normalized spacial score (nSPS) is 19.0. The second-order valence-corrected chi connectivity index (χ2v) is 5.91. The highest BCUT2D eigenvalue weighted by Crippen LogP contribution is 2.32. The van der Waals surface area contributed by atoms with Crippen molar-refractivity contribution in [2.24, 2.45) is 0 Å². The smallest absolute Gasteiger partial charge is 0.397 e. The number of carbonyl (C=O) groups excluding carboxylic acids is 5. The van der Waals surface area contributed by atoms with E-state index in [0.29, 0.717) is 16.8 Å². The summed E-state index contributed by atoms with van der Waals surface area (Å²) in [7, 11) is 0. The van der Waals surface area contributed by atoms with Gasteiger partial charge in [-0.1, -0.05) is 6.07 Å². The van der Waals surface area contributed by atoms with Crippen molar-refractivity contribution < 1.29 is 28.7 Å². The minimum absolute atomic E-state index is 0.0704. The Morgan fingerprint density at radius 1 is 1.31 bits per heavy atom. The van der Waals surface area contributed by atoms with Crippen LogP contribution in [0, 0.1) is 0 Å². The summed E-state index contributed by atoms with van der Waals surface area (Å²) in [5, 5.41) is 4.67. The third-order valence-electron chi connectivity index (χ3n) is 4.29. The van der Waals surface area contributed by atoms with E-state index in [0.717, 1.165) is 0 Å². The van der Waals surface area contributed by atoms with Gasteiger partial charge in [-0.2, -0.15) is 0 Å². The first kappa shape index (κ1) is 17.6. The molecule has 1 fully saturated rings. The van der Waals surface area contributed by atoms with E-state index < -0.39 is 23.8 Å². The summed E-state index contributed by atoms with van der Waals surface area (Å²) in [5.41, 5.74) is 1.17. The number of hydrogen-bond acceptors (Lipinski definition) is 6. The molecule has 9 nitrogen and oxygen atoms in total. The molecule has 1 aromatic rings. The zero-order chi connectivity index (χ0) is 18.8. The van der Waals surface area contributed by atoms with Crippen LogP contribution in [0.2, 0.25) is 0 Å². The molecule has 4 amide bonds. The number of esters is 1. The highest BCUT2D eigenvalue weighted by atomic mass is 16.5. The van der Waals surface area contributed by atoms with Crippen molar-refractivity contribution in [3.8, 4) is 0 Å². The second-order valence-electron chi connectivity index (χ2n) is 5.91. The first-order chi connectivity index (χ1) is 12.4. The molecule has 136 valence electrons. The number of amides is 4. The lowest BCUT2D eigenvalue weighted by Crippen LogP contribution is -2.52. The van der Waals surface area contributed by atoms with E-state index in [4.69, 9.17) is 0 Å². The lowest BCUT2D eigenvalue weighted by atomic mass is 10.0. The SMILES string of the molecule is CCOC(=O)C(=O)Nc1cccc2c1CN(C1CCC(=O)NC1=O)C2=O. The van der Waals surface area contributed by atoms with Crippen LogP contribution in [0.4, 0.5) is 5.69 Å². The molecule has 0 bridgehead atoms. The van der Waals surface area contributed by atoms with Crippen LogP contribution >= 0.6 is 0 Å². The first-order valence-corrected chi connectivity index (χ1v) is 8.17. The molecule has 26 heavy (non-hydrogen) atoms. The summed E-state index contributed by atoms with van der Waals surface area (Å²) >= 11 is 0. The fourth-order valence-electron chi connectivity index (χ4n) is 3.07. The van der Waals surface area contributed by atoms with Gasteiger partial charge in [0.2, 0.25) is 11.8 Å². The molecule has 1 saturated heterocycles. The van der Waals surface area contributed by atoms with Gasteiger partial charge in [0.25, 0.3) is 5.91 Å². The second kappa shape index (κ2) is 6.95. The number of nitrogens with zero attached hydrogens (tertiary/aromatic N) is 1. The Morgan fingerprint density at radius 3 is 2.77 bits per heavy atom. The van der Waals surface area contributed by atoms with E-state index in [2.05, 4.69) is 15.4 Å². The number of hydrogen-bond donors (Lipinski definition) is 2. The summed E-state index contributed by atoms with van der Waals surface area (Å²) in [5.74, 6) is -3.19. The lowest BCUT2D eigenvalue weighted by Gasteiger charge is -2.29. The number of imide groups is 1. The van der Waals surface area contributed by atoms with Crippen LogP contribution < -0.4 is 10.6 Å². The summed E-state index contributed by atoms with van der Waals surface area (Å²) in [4.78, 5) is 60.7. The standard InChI is InChI=1S/C17H17N3O6/c1-2-26-17(25)15(23)18-11-5-3-4-9-10(11)8-20(16(9)24)12-6-7-13(21)19-14(12)22/h3-5,12H,2,6-8H2,1H3,(H,18,23)(H,19,21,22). The van der Waals surface area contributed by atoms with Gasteiger partial charge in [-0.25, -0.2) is 4.79 Å². The Hall–Kier alpha value is -3.23. The van der Waals surface area contributed by atoms with Crippen LogP contribution in [-0.2, 0) is 30.5 Å². The maximum Gasteiger partial charge on any atom is 0.397 e. The van der Waals surface area contributed by atoms with Crippen molar-refractivity contribution in [2.75, 3.05) is 11.9 Å². The van der Waals surface area contributed by atoms with Gasteiger partial charge in [-0.05, 0) is 25.5 Å². The Bertz CT molecular complexity index is 819. The number of benzene rings is 1. The van der Waals surface area contributed by atoms with E-state index in [1.165, 1.54) is 4.90 Å². The summed E-state index contributed by atoms with van der Waals surface area (Å²) in [6.07, 6.45) is 0.401. The van der Waals surface area contributed by atoms with Crippen LogP contribution in [0.3, 0.4) is 0 Å². The molecule has 0 saturated carbocycles. The van der Waals surface area contributed by atoms with Crippen molar-refractivity contribution in [3.63, 3.8) is 0 Å². The minimum atomic E-state index is -1.02. The Kier molecular flexibility index (Phi) is 4.70. The molecule has 2 N–H and O–H groups in total. The number of ether oxygens (including phenoxy) is 1. The van der Waals surface area contributed by atoms with Gasteiger partial charge in [0, 0.05) is 29.8 Å². The van der Waals surface area contributed by atoms with E-state index in [9.17, 15) is 24.0 Å². The zero-order valence-electron chi connectivity index (χ0n) is 14.0. The van der Waals surface area contributed by atoms with Gasteiger partial charge in [-0.3, -0.25) is 24.5 Å². The molecule has 0 aromatic heterocycles. The van der Waals surface area contributed by atoms with Crippen molar-refractivity contribution in [1.29, 1.82) is 0 Å². The number of fused-ring (bicyclic) bond motifs is 1. The Balaban J connectivity index is 1.81. The number of nitrogens with one attached hydrogen (secondary N) is 2. The van der Waals surface area contributed by atoms with Crippen molar-refractivity contribution >= 4 is 35.3 Å². The largest absolute Gasteiger partial charge is 0.459 e. The monoisotopic (exact) mass is 359 g/mol. The predicted molar refractivity (Wildman–Crippen MR) is 87.7 cm³/mol. The van der Waals surface area contributed by atoms with Crippen LogP contribution in [0.5, 0.6) is 0 Å². The number of rotatable bonds is 3. The minimum Gasteiger partial charge on any atom is -0.459 e. The summed E-state index contributed by atoms with van der Waals surface area (Å²) in [6.45, 7) is 1.75. The highest BCUT2D eigenvalue weighted by molar-refractivity contribution is 6.37. The van der Waals surface area contributed by atoms with Gasteiger partial charge >= 0.3 is 11.9 Å². The van der Waals surface area contributed by atoms with Crippen molar-refractivity contribution in [2.45, 2.75) is 32.4 Å². The highest BCUT2D eigenvalue weighted by Gasteiger charge is 2.40. The van der Waals surface area contributed by atoms with Gasteiger partial charge in [0.15, 0.2) is 0 Å². The molecule has 1 aromatic carbocycles. The average Bonchev–Trinajstić information content (AvgIpc) is 2.93. The van der Waals surface area contributed by atoms with E-state index in [-0.39, 0.29) is 37.8 Å². The summed E-state index contributed by atoms with van der Waals surface area (Å²) < 4.78 is 4.64. The van der Waals surface area contributed by atoms with Crippen LogP contribution in [0.1, 0.15) is 35.7 Å². The maximum absolute atomic E-state index is 12.7. The lowest BCUT2D eigenvalue weighted by molar-refractivity contribution is -0.152. The molecule has 2 aliphatic rings. The third kappa shape index (κ3) is 3.15. The fourth-order valence-corrected chi connectivity index (χ4v) is 3.07. The van der Waals surface area contributed by atoms with Gasteiger partial charge in [-0.15, -0.1) is 0 Å². The molecular formula is C17H17N3O6. The topological polar surface area (TPSA) is 122 Å². The van der Waals surface area contributed by atoms with Gasteiger partial charge in [0.1, 0.15) is 6.04 Å². The molecule has 9 heteroatoms. The van der Waals surface area contributed by atoms with Gasteiger partial charge < -0.3 is 15.0 Å². The molecule has 0 radical (unpaired) electrons. The number of piperidine rings is 1. The van der Waals surface area contributed by atoms with Gasteiger partial charge in [0.05, 0.1) is 6.61 Å². The number of anilines is 1. The van der Waals surface area contributed by atoms with Crippen LogP contribution in [0.25, 0.3) is 0 Å². The van der Waals surface area contributed by atoms with E-state index in [1.54, 1.807) is 25.1 Å². The van der Waals surface area contributed by atoms with E-state index >= 15 is 0 Å². The summed E-state index contributed by atoms with van der Waals surface area (Å²) in [6, 6.07) is 3.98. The Morgan fingerprint density at radius 2 is 2.08 bits per heavy atom. The molecule has 1 unspecified atom stereocenters. The molecule has 3 rings (SSSR count). The number of carbonyl (C=O) groups is 5. The Labute approximate surface area is 148 Å². The van der Waals surface area contributed by atoms with Crippen molar-refractivity contribution in [1.82, 2.24) is 10.2 Å². The van der Waals surface area contributed by atoms with Crippen molar-refractivity contribution in [3.05, 3.63) is 29.3 Å². The molecular weight excluding hydrogens is 342 g/mol. The molecule has 2 heterocycles. The van der Waals surface area contributed by atoms with E-state index in [1.807, 2.05) is 0 Å². The van der Waals surface area contributed by atoms with Crippen LogP contribution in [-0.4, -0.2) is 47.1 Å².